The first-order chi connectivity index (χ1) is 10.5. The van der Waals surface area contributed by atoms with Crippen LogP contribution in [-0.2, 0) is 0 Å². The molecule has 22 heavy (non-hydrogen) atoms. The molecule has 1 fully saturated rings. The summed E-state index contributed by atoms with van der Waals surface area (Å²) in [6.45, 7) is 7.25. The van der Waals surface area contributed by atoms with Crippen molar-refractivity contribution in [3.8, 4) is 0 Å². The van der Waals surface area contributed by atoms with E-state index in [0.717, 1.165) is 48.9 Å². The third-order valence-corrected chi connectivity index (χ3v) is 4.50. The van der Waals surface area contributed by atoms with Gasteiger partial charge in [-0.1, -0.05) is 23.2 Å². The van der Waals surface area contributed by atoms with Crippen LogP contribution in [0.3, 0.4) is 0 Å². The molecule has 0 radical (unpaired) electrons. The normalized spacial score (nSPS) is 15.3. The van der Waals surface area contributed by atoms with E-state index in [-0.39, 0.29) is 0 Å². The van der Waals surface area contributed by atoms with Crippen molar-refractivity contribution in [1.82, 2.24) is 20.4 Å². The molecule has 0 aromatic carbocycles. The van der Waals surface area contributed by atoms with Crippen LogP contribution in [0.25, 0.3) is 0 Å². The summed E-state index contributed by atoms with van der Waals surface area (Å²) in [4.78, 5) is 4.39. The van der Waals surface area contributed by atoms with Crippen LogP contribution in [0.1, 0.15) is 11.1 Å². The summed E-state index contributed by atoms with van der Waals surface area (Å²) in [6, 6.07) is 3.94. The van der Waals surface area contributed by atoms with Crippen molar-refractivity contribution in [1.29, 1.82) is 0 Å². The zero-order chi connectivity index (χ0) is 15.7. The molecule has 0 N–H and O–H groups in total. The Labute approximate surface area is 139 Å². The van der Waals surface area contributed by atoms with Gasteiger partial charge in [-0.05, 0) is 37.1 Å². The molecule has 1 aliphatic heterocycles. The van der Waals surface area contributed by atoms with Crippen molar-refractivity contribution in [2.24, 2.45) is 0 Å². The van der Waals surface area contributed by atoms with E-state index in [0.29, 0.717) is 10.3 Å². The van der Waals surface area contributed by atoms with E-state index in [4.69, 9.17) is 23.2 Å². The maximum atomic E-state index is 5.92. The quantitative estimate of drug-likeness (QED) is 0.838. The second-order valence-electron chi connectivity index (χ2n) is 5.33. The van der Waals surface area contributed by atoms with Crippen LogP contribution in [0.5, 0.6) is 0 Å². The van der Waals surface area contributed by atoms with Gasteiger partial charge in [-0.15, -0.1) is 20.4 Å². The van der Waals surface area contributed by atoms with Crippen molar-refractivity contribution in [2.75, 3.05) is 36.0 Å². The fourth-order valence-electron chi connectivity index (χ4n) is 2.39. The molecular formula is C14H16Cl2N6. The minimum atomic E-state index is 0.453. The SMILES string of the molecule is Cc1cc(N2CCN(c3cc(C)c(Cl)nn3)CC2)nnc1Cl. The van der Waals surface area contributed by atoms with Crippen LogP contribution in [0.15, 0.2) is 12.1 Å². The lowest BCUT2D eigenvalue weighted by atomic mass is 10.2. The van der Waals surface area contributed by atoms with Crippen LogP contribution < -0.4 is 9.80 Å². The molecule has 2 aromatic heterocycles. The van der Waals surface area contributed by atoms with Gasteiger partial charge in [-0.3, -0.25) is 0 Å². The third-order valence-electron chi connectivity index (χ3n) is 3.75. The van der Waals surface area contributed by atoms with Gasteiger partial charge in [0.15, 0.2) is 21.9 Å². The minimum absolute atomic E-state index is 0.453. The second-order valence-corrected chi connectivity index (χ2v) is 6.04. The Hall–Kier alpha value is -1.66. The number of anilines is 2. The van der Waals surface area contributed by atoms with Crippen LogP contribution in [-0.4, -0.2) is 46.6 Å². The first-order valence-electron chi connectivity index (χ1n) is 7.04. The molecule has 0 atom stereocenters. The first-order valence-corrected chi connectivity index (χ1v) is 7.80. The maximum absolute atomic E-state index is 5.92. The van der Waals surface area contributed by atoms with Crippen molar-refractivity contribution < 1.29 is 0 Å². The summed E-state index contributed by atoms with van der Waals surface area (Å²) in [5, 5.41) is 17.2. The van der Waals surface area contributed by atoms with E-state index < -0.39 is 0 Å². The molecular weight excluding hydrogens is 323 g/mol. The Kier molecular flexibility index (Phi) is 4.31. The highest BCUT2D eigenvalue weighted by atomic mass is 35.5. The summed E-state index contributed by atoms with van der Waals surface area (Å²) in [6.07, 6.45) is 0. The lowest BCUT2D eigenvalue weighted by molar-refractivity contribution is 0.634. The van der Waals surface area contributed by atoms with Crippen molar-refractivity contribution in [3.63, 3.8) is 0 Å². The lowest BCUT2D eigenvalue weighted by Gasteiger charge is -2.35. The van der Waals surface area contributed by atoms with E-state index in [9.17, 15) is 0 Å². The zero-order valence-corrected chi connectivity index (χ0v) is 13.9. The number of aryl methyl sites for hydroxylation is 2. The van der Waals surface area contributed by atoms with E-state index in [1.165, 1.54) is 0 Å². The summed E-state index contributed by atoms with van der Waals surface area (Å²) in [5.41, 5.74) is 1.88. The summed E-state index contributed by atoms with van der Waals surface area (Å²) >= 11 is 11.8. The van der Waals surface area contributed by atoms with Crippen LogP contribution >= 0.6 is 23.2 Å². The van der Waals surface area contributed by atoms with Gasteiger partial charge in [0.2, 0.25) is 0 Å². The lowest BCUT2D eigenvalue weighted by Crippen LogP contribution is -2.47. The molecule has 1 aliphatic rings. The zero-order valence-electron chi connectivity index (χ0n) is 12.4. The highest BCUT2D eigenvalue weighted by Gasteiger charge is 2.20. The molecule has 0 bridgehead atoms. The van der Waals surface area contributed by atoms with E-state index in [1.807, 2.05) is 26.0 Å². The Bertz CT molecular complexity index is 626. The topological polar surface area (TPSA) is 58.0 Å². The molecule has 0 aliphatic carbocycles. The third kappa shape index (κ3) is 3.08. The van der Waals surface area contributed by atoms with Gasteiger partial charge in [0.05, 0.1) is 0 Å². The summed E-state index contributed by atoms with van der Waals surface area (Å²) in [7, 11) is 0. The van der Waals surface area contributed by atoms with Crippen LogP contribution in [0, 0.1) is 13.8 Å². The monoisotopic (exact) mass is 338 g/mol. The minimum Gasteiger partial charge on any atom is -0.352 e. The molecule has 3 heterocycles. The van der Waals surface area contributed by atoms with Gasteiger partial charge in [0.1, 0.15) is 0 Å². The highest BCUT2D eigenvalue weighted by molar-refractivity contribution is 6.30. The largest absolute Gasteiger partial charge is 0.352 e. The van der Waals surface area contributed by atoms with Gasteiger partial charge in [-0.2, -0.15) is 0 Å². The number of hydrogen-bond donors (Lipinski definition) is 0. The van der Waals surface area contributed by atoms with Gasteiger partial charge in [0, 0.05) is 26.2 Å². The van der Waals surface area contributed by atoms with Gasteiger partial charge in [-0.25, -0.2) is 0 Å². The Morgan fingerprint density at radius 3 is 1.41 bits per heavy atom. The fourth-order valence-corrected chi connectivity index (χ4v) is 2.57. The standard InChI is InChI=1S/C14H16Cl2N6/c1-9-7-11(17-19-13(9)15)21-3-5-22(6-4-21)12-8-10(2)14(16)20-18-12/h7-8H,3-6H2,1-2H3. The Balaban J connectivity index is 1.69. The van der Waals surface area contributed by atoms with Crippen molar-refractivity contribution in [2.45, 2.75) is 13.8 Å². The Morgan fingerprint density at radius 2 is 1.09 bits per heavy atom. The van der Waals surface area contributed by atoms with Gasteiger partial charge >= 0.3 is 0 Å². The number of piperazine rings is 1. The van der Waals surface area contributed by atoms with Crippen molar-refractivity contribution in [3.05, 3.63) is 33.6 Å². The van der Waals surface area contributed by atoms with E-state index >= 15 is 0 Å². The molecule has 0 unspecified atom stereocenters. The van der Waals surface area contributed by atoms with Crippen molar-refractivity contribution >= 4 is 34.8 Å². The molecule has 6 nitrogen and oxygen atoms in total. The number of hydrogen-bond acceptors (Lipinski definition) is 6. The molecule has 116 valence electrons. The molecule has 1 saturated heterocycles. The predicted molar refractivity (Wildman–Crippen MR) is 88.0 cm³/mol. The fraction of sp³-hybridized carbons (Fsp3) is 0.429. The average molecular weight is 339 g/mol. The molecule has 0 spiro atoms. The second kappa shape index (κ2) is 6.22. The molecule has 8 heteroatoms. The summed E-state index contributed by atoms with van der Waals surface area (Å²) < 4.78 is 0. The number of aromatic nitrogens is 4. The van der Waals surface area contributed by atoms with Gasteiger partial charge in [0.25, 0.3) is 0 Å². The summed E-state index contributed by atoms with van der Waals surface area (Å²) in [5.74, 6) is 1.72. The van der Waals surface area contributed by atoms with Crippen LogP contribution in [0.4, 0.5) is 11.6 Å². The average Bonchev–Trinajstić information content (AvgIpc) is 2.53. The van der Waals surface area contributed by atoms with E-state index in [2.05, 4.69) is 30.2 Å². The van der Waals surface area contributed by atoms with Gasteiger partial charge < -0.3 is 9.80 Å². The molecule has 0 saturated carbocycles. The molecule has 3 rings (SSSR count). The predicted octanol–water partition coefficient (Wildman–Crippen LogP) is 2.52. The highest BCUT2D eigenvalue weighted by Crippen LogP contribution is 2.21. The van der Waals surface area contributed by atoms with Crippen LogP contribution in [0.2, 0.25) is 10.3 Å². The number of rotatable bonds is 2. The molecule has 2 aromatic rings. The Morgan fingerprint density at radius 1 is 0.727 bits per heavy atom. The first kappa shape index (κ1) is 15.2. The maximum Gasteiger partial charge on any atom is 0.154 e. The number of nitrogens with zero attached hydrogens (tertiary/aromatic N) is 6. The number of halogens is 2. The molecule has 0 amide bonds. The smallest absolute Gasteiger partial charge is 0.154 e. The van der Waals surface area contributed by atoms with E-state index in [1.54, 1.807) is 0 Å².